The Bertz CT molecular complexity index is 198. The predicted octanol–water partition coefficient (Wildman–Crippen LogP) is -1.92. The molecule has 5 heteroatoms. The largest absolute Gasteiger partial charge is 0.550 e. The van der Waals surface area contributed by atoms with Crippen LogP contribution in [-0.2, 0) is 4.79 Å². The highest BCUT2D eigenvalue weighted by Gasteiger charge is 1.98. The summed E-state index contributed by atoms with van der Waals surface area (Å²) in [6.07, 6.45) is 1.52. The van der Waals surface area contributed by atoms with Gasteiger partial charge in [-0.15, -0.1) is 0 Å². The summed E-state index contributed by atoms with van der Waals surface area (Å²) in [5, 5.41) is 13.0. The molecule has 0 aromatic carbocycles. The molecule has 0 amide bonds. The van der Waals surface area contributed by atoms with E-state index in [-0.39, 0.29) is 6.42 Å². The quantitative estimate of drug-likeness (QED) is 0.228. The highest BCUT2D eigenvalue weighted by atomic mass is 16.4. The van der Waals surface area contributed by atoms with Crippen LogP contribution >= 0.6 is 0 Å². The molecule has 0 rings (SSSR count). The summed E-state index contributed by atoms with van der Waals surface area (Å²) >= 11 is 0. The van der Waals surface area contributed by atoms with Crippen molar-refractivity contribution in [3.8, 4) is 0 Å². The Balaban J connectivity index is 3.37. The number of carbonyl (C=O) groups is 1. The first-order valence-corrected chi connectivity index (χ1v) is 4.27. The number of carboxylic acid groups (broad SMARTS) is 1. The van der Waals surface area contributed by atoms with Gasteiger partial charge in [0.15, 0.2) is 0 Å². The molecule has 0 bridgehead atoms. The Labute approximate surface area is 78.2 Å². The van der Waals surface area contributed by atoms with Crippen LogP contribution in [-0.4, -0.2) is 37.1 Å². The maximum Gasteiger partial charge on any atom is 0.342 e. The molecular formula is C8H17N3O2. The van der Waals surface area contributed by atoms with Crippen molar-refractivity contribution in [3.05, 3.63) is 0 Å². The second kappa shape index (κ2) is 6.28. The number of aliphatic carboxylic acids is 1. The number of rotatable bonds is 5. The lowest BCUT2D eigenvalue weighted by molar-refractivity contribution is -0.467. The molecule has 0 spiro atoms. The van der Waals surface area contributed by atoms with Gasteiger partial charge in [0.2, 0.25) is 0 Å². The fourth-order valence-electron chi connectivity index (χ4n) is 0.769. The minimum absolute atomic E-state index is 0.115. The summed E-state index contributed by atoms with van der Waals surface area (Å²) in [4.78, 5) is 10.0. The number of hydrogen-bond donors (Lipinski definition) is 2. The van der Waals surface area contributed by atoms with Gasteiger partial charge in [-0.3, -0.25) is 15.6 Å². The second-order valence-electron chi connectivity index (χ2n) is 3.04. The van der Waals surface area contributed by atoms with Crippen molar-refractivity contribution in [2.24, 2.45) is 5.73 Å². The summed E-state index contributed by atoms with van der Waals surface area (Å²) < 4.78 is 1.76. The van der Waals surface area contributed by atoms with Crippen molar-refractivity contribution >= 4 is 11.9 Å². The maximum atomic E-state index is 10.0. The summed E-state index contributed by atoms with van der Waals surface area (Å²) in [5.41, 5.74) is 5.56. The van der Waals surface area contributed by atoms with Crippen molar-refractivity contribution in [2.75, 3.05) is 20.6 Å². The maximum absolute atomic E-state index is 10.0. The second-order valence-corrected chi connectivity index (χ2v) is 3.04. The molecule has 76 valence electrons. The van der Waals surface area contributed by atoms with E-state index in [9.17, 15) is 9.90 Å². The van der Waals surface area contributed by atoms with Crippen LogP contribution < -0.4 is 16.2 Å². The fourth-order valence-corrected chi connectivity index (χ4v) is 0.769. The van der Waals surface area contributed by atoms with Crippen LogP contribution in [0.5, 0.6) is 0 Å². The SMILES string of the molecule is C[N+](C)=C(N)NCCCCC(=O)[O-]. The smallest absolute Gasteiger partial charge is 0.342 e. The van der Waals surface area contributed by atoms with E-state index in [1.54, 1.807) is 4.58 Å². The van der Waals surface area contributed by atoms with Crippen LogP contribution in [0.2, 0.25) is 0 Å². The molecule has 0 atom stereocenters. The monoisotopic (exact) mass is 187 g/mol. The van der Waals surface area contributed by atoms with Gasteiger partial charge in [0.05, 0.1) is 20.6 Å². The molecule has 0 saturated heterocycles. The lowest BCUT2D eigenvalue weighted by Gasteiger charge is -2.02. The number of nitrogens with zero attached hydrogens (tertiary/aromatic N) is 1. The van der Waals surface area contributed by atoms with E-state index in [4.69, 9.17) is 5.73 Å². The van der Waals surface area contributed by atoms with Gasteiger partial charge in [0, 0.05) is 5.97 Å². The van der Waals surface area contributed by atoms with E-state index >= 15 is 0 Å². The minimum atomic E-state index is -0.996. The molecule has 0 aliphatic rings. The molecule has 0 aliphatic heterocycles. The molecule has 13 heavy (non-hydrogen) atoms. The fraction of sp³-hybridized carbons (Fsp3) is 0.750. The highest BCUT2D eigenvalue weighted by Crippen LogP contribution is 1.91. The van der Waals surface area contributed by atoms with E-state index in [2.05, 4.69) is 5.32 Å². The van der Waals surface area contributed by atoms with Gasteiger partial charge in [-0.1, -0.05) is 0 Å². The average Bonchev–Trinajstić information content (AvgIpc) is 2.02. The third kappa shape index (κ3) is 7.11. The highest BCUT2D eigenvalue weighted by molar-refractivity contribution is 5.72. The topological polar surface area (TPSA) is 81.2 Å². The van der Waals surface area contributed by atoms with E-state index in [0.29, 0.717) is 18.9 Å². The normalized spacial score (nSPS) is 9.38. The molecule has 5 nitrogen and oxygen atoms in total. The van der Waals surface area contributed by atoms with Gasteiger partial charge in [-0.25, -0.2) is 0 Å². The van der Waals surface area contributed by atoms with Gasteiger partial charge in [-0.05, 0) is 19.3 Å². The number of hydrogen-bond acceptors (Lipinski definition) is 2. The zero-order valence-corrected chi connectivity index (χ0v) is 8.17. The molecule has 0 heterocycles. The number of nitrogens with two attached hydrogens (primary N) is 1. The molecule has 3 N–H and O–H groups in total. The van der Waals surface area contributed by atoms with Crippen molar-refractivity contribution < 1.29 is 14.5 Å². The molecule has 0 aromatic heterocycles. The Morgan fingerprint density at radius 2 is 2.08 bits per heavy atom. The Hall–Kier alpha value is -1.26. The molecule has 0 radical (unpaired) electrons. The first-order chi connectivity index (χ1) is 6.04. The summed E-state index contributed by atoms with van der Waals surface area (Å²) in [6, 6.07) is 0. The Morgan fingerprint density at radius 3 is 2.54 bits per heavy atom. The molecular weight excluding hydrogens is 170 g/mol. The van der Waals surface area contributed by atoms with Crippen LogP contribution in [0.15, 0.2) is 0 Å². The van der Waals surface area contributed by atoms with Crippen LogP contribution in [0.4, 0.5) is 0 Å². The average molecular weight is 187 g/mol. The number of carbonyl (C=O) groups excluding carboxylic acids is 1. The van der Waals surface area contributed by atoms with E-state index in [1.807, 2.05) is 14.1 Å². The third-order valence-electron chi connectivity index (χ3n) is 1.60. The van der Waals surface area contributed by atoms with Crippen molar-refractivity contribution in [3.63, 3.8) is 0 Å². The minimum Gasteiger partial charge on any atom is -0.550 e. The Kier molecular flexibility index (Phi) is 5.67. The first kappa shape index (κ1) is 11.7. The first-order valence-electron chi connectivity index (χ1n) is 4.27. The van der Waals surface area contributed by atoms with E-state index in [0.717, 1.165) is 6.42 Å². The number of guanidine groups is 1. The van der Waals surface area contributed by atoms with Gasteiger partial charge in [0.1, 0.15) is 0 Å². The zero-order chi connectivity index (χ0) is 10.3. The molecule has 0 saturated carbocycles. The van der Waals surface area contributed by atoms with Gasteiger partial charge in [-0.2, -0.15) is 0 Å². The Morgan fingerprint density at radius 1 is 1.46 bits per heavy atom. The summed E-state index contributed by atoms with van der Waals surface area (Å²) in [5.74, 6) is -0.405. The molecule has 0 unspecified atom stereocenters. The molecule has 0 aromatic rings. The third-order valence-corrected chi connectivity index (χ3v) is 1.60. The lowest BCUT2D eigenvalue weighted by Crippen LogP contribution is -2.38. The molecule has 0 aliphatic carbocycles. The summed E-state index contributed by atoms with van der Waals surface area (Å²) in [7, 11) is 3.67. The predicted molar refractivity (Wildman–Crippen MR) is 48.2 cm³/mol. The van der Waals surface area contributed by atoms with E-state index in [1.165, 1.54) is 0 Å². The van der Waals surface area contributed by atoms with Crippen molar-refractivity contribution in [1.82, 2.24) is 5.32 Å². The van der Waals surface area contributed by atoms with Crippen LogP contribution in [0, 0.1) is 0 Å². The van der Waals surface area contributed by atoms with Gasteiger partial charge < -0.3 is 9.90 Å². The zero-order valence-electron chi connectivity index (χ0n) is 8.17. The number of unbranched alkanes of at least 4 members (excludes halogenated alkanes) is 1. The van der Waals surface area contributed by atoms with Gasteiger partial charge >= 0.3 is 5.96 Å². The van der Waals surface area contributed by atoms with Crippen molar-refractivity contribution in [1.29, 1.82) is 0 Å². The van der Waals surface area contributed by atoms with Crippen molar-refractivity contribution in [2.45, 2.75) is 19.3 Å². The van der Waals surface area contributed by atoms with E-state index < -0.39 is 5.97 Å². The van der Waals surface area contributed by atoms with Crippen LogP contribution in [0.25, 0.3) is 0 Å². The standard InChI is InChI=1S/C8H17N3O2/c1-11(2)8(9)10-6-4-3-5-7(12)13/h3-6H2,1-2H3,(H3,9,10,12,13). The lowest BCUT2D eigenvalue weighted by atomic mass is 10.2. The number of nitrogens with one attached hydrogen (secondary N) is 1. The van der Waals surface area contributed by atoms with Gasteiger partial charge in [0.25, 0.3) is 0 Å². The number of carboxylic acids is 1. The van der Waals surface area contributed by atoms with Crippen LogP contribution in [0.3, 0.4) is 0 Å². The molecule has 0 fully saturated rings. The summed E-state index contributed by atoms with van der Waals surface area (Å²) in [6.45, 7) is 0.692. The van der Waals surface area contributed by atoms with Crippen LogP contribution in [0.1, 0.15) is 19.3 Å².